The fourth-order valence-electron chi connectivity index (χ4n) is 2.61. The van der Waals surface area contributed by atoms with Gasteiger partial charge >= 0.3 is 0 Å². The second-order valence-electron chi connectivity index (χ2n) is 5.16. The number of benzene rings is 1. The van der Waals surface area contributed by atoms with Crippen LogP contribution in [0.5, 0.6) is 0 Å². The quantitative estimate of drug-likeness (QED) is 0.613. The molecule has 1 atom stereocenters. The predicted molar refractivity (Wildman–Crippen MR) is 74.0 cm³/mol. The minimum atomic E-state index is -0.360. The van der Waals surface area contributed by atoms with E-state index in [1.165, 1.54) is 6.42 Å². The first-order valence-corrected chi connectivity index (χ1v) is 7.08. The zero-order chi connectivity index (χ0) is 13.9. The van der Waals surface area contributed by atoms with E-state index in [0.717, 1.165) is 30.7 Å². The maximum atomic E-state index is 12.2. The van der Waals surface area contributed by atoms with Crippen LogP contribution in [0.1, 0.15) is 52.8 Å². The van der Waals surface area contributed by atoms with Crippen LogP contribution in [-0.2, 0) is 4.84 Å². The fourth-order valence-corrected chi connectivity index (χ4v) is 2.61. The number of rotatable bonds is 2. The van der Waals surface area contributed by atoms with Gasteiger partial charge in [-0.3, -0.25) is 14.4 Å². The highest BCUT2D eigenvalue weighted by Crippen LogP contribution is 2.25. The van der Waals surface area contributed by atoms with Crippen LogP contribution in [0.2, 0.25) is 0 Å². The molecule has 20 heavy (non-hydrogen) atoms. The molecular weight excluding hydrogens is 254 g/mol. The van der Waals surface area contributed by atoms with Gasteiger partial charge in [0.1, 0.15) is 6.10 Å². The van der Waals surface area contributed by atoms with E-state index in [-0.39, 0.29) is 17.9 Å². The molecule has 0 saturated heterocycles. The lowest BCUT2D eigenvalue weighted by molar-refractivity contribution is -0.119. The first-order chi connectivity index (χ1) is 9.77. The third-order valence-corrected chi connectivity index (χ3v) is 3.71. The normalized spacial score (nSPS) is 22.6. The van der Waals surface area contributed by atoms with Gasteiger partial charge in [-0.25, -0.2) is 0 Å². The molecule has 2 amide bonds. The average molecular weight is 271 g/mol. The summed E-state index contributed by atoms with van der Waals surface area (Å²) in [4.78, 5) is 30.0. The molecule has 1 heterocycles. The van der Waals surface area contributed by atoms with Crippen molar-refractivity contribution < 1.29 is 14.4 Å². The molecule has 0 N–H and O–H groups in total. The number of hydrogen-bond donors (Lipinski definition) is 0. The van der Waals surface area contributed by atoms with Gasteiger partial charge in [0.2, 0.25) is 0 Å². The van der Waals surface area contributed by atoms with Crippen molar-refractivity contribution in [1.82, 2.24) is 5.06 Å². The van der Waals surface area contributed by atoms with E-state index in [9.17, 15) is 9.59 Å². The van der Waals surface area contributed by atoms with Gasteiger partial charge in [-0.15, -0.1) is 5.06 Å². The van der Waals surface area contributed by atoms with Crippen LogP contribution < -0.4 is 0 Å². The molecule has 2 aliphatic rings. The van der Waals surface area contributed by atoms with Gasteiger partial charge in [-0.05, 0) is 31.4 Å². The molecule has 0 fully saturated rings. The van der Waals surface area contributed by atoms with E-state index in [2.05, 4.69) is 6.08 Å². The third kappa shape index (κ3) is 2.39. The van der Waals surface area contributed by atoms with Crippen molar-refractivity contribution in [2.45, 2.75) is 38.2 Å². The fraction of sp³-hybridized carbons (Fsp3) is 0.375. The summed E-state index contributed by atoms with van der Waals surface area (Å²) in [6, 6.07) is 6.83. The second kappa shape index (κ2) is 5.59. The van der Waals surface area contributed by atoms with Gasteiger partial charge in [0.25, 0.3) is 11.8 Å². The maximum absolute atomic E-state index is 12.2. The summed E-state index contributed by atoms with van der Waals surface area (Å²) in [5.41, 5.74) is 0.847. The summed E-state index contributed by atoms with van der Waals surface area (Å²) in [5, 5.41) is 0.918. The largest absolute Gasteiger partial charge is 0.285 e. The molecule has 0 radical (unpaired) electrons. The number of carbonyl (C=O) groups excluding carboxylic acids is 2. The van der Waals surface area contributed by atoms with E-state index in [4.69, 9.17) is 4.84 Å². The smallest absolute Gasteiger partial charge is 0.266 e. The van der Waals surface area contributed by atoms with Crippen molar-refractivity contribution in [3.63, 3.8) is 0 Å². The highest BCUT2D eigenvalue weighted by molar-refractivity contribution is 6.20. The number of hydroxylamine groups is 2. The van der Waals surface area contributed by atoms with Crippen molar-refractivity contribution >= 4 is 11.8 Å². The van der Waals surface area contributed by atoms with Gasteiger partial charge < -0.3 is 0 Å². The third-order valence-electron chi connectivity index (χ3n) is 3.71. The molecule has 1 aromatic carbocycles. The van der Waals surface area contributed by atoms with Crippen LogP contribution in [0.15, 0.2) is 36.4 Å². The van der Waals surface area contributed by atoms with Gasteiger partial charge in [0.05, 0.1) is 11.1 Å². The standard InChI is InChI=1S/C16H17NO3/c18-15-13-10-6-7-11-14(13)16(19)17(15)20-12-8-4-2-1-3-5-9-12/h4,6-8,10-12H,1-3,5,9H2. The van der Waals surface area contributed by atoms with E-state index in [0.29, 0.717) is 11.1 Å². The average Bonchev–Trinajstić information content (AvgIpc) is 2.67. The number of imide groups is 1. The molecule has 104 valence electrons. The minimum absolute atomic E-state index is 0.197. The zero-order valence-electron chi connectivity index (χ0n) is 11.2. The van der Waals surface area contributed by atoms with E-state index in [1.54, 1.807) is 24.3 Å². The van der Waals surface area contributed by atoms with Crippen LogP contribution in [0.4, 0.5) is 0 Å². The van der Waals surface area contributed by atoms with Crippen LogP contribution in [0, 0.1) is 0 Å². The summed E-state index contributed by atoms with van der Waals surface area (Å²) in [6.45, 7) is 0. The summed E-state index contributed by atoms with van der Waals surface area (Å²) in [5.74, 6) is -0.720. The maximum Gasteiger partial charge on any atom is 0.285 e. The van der Waals surface area contributed by atoms with E-state index < -0.39 is 0 Å². The Hall–Kier alpha value is -1.94. The number of allylic oxidation sites excluding steroid dienone is 1. The van der Waals surface area contributed by atoms with E-state index >= 15 is 0 Å². The first kappa shape index (κ1) is 13.1. The number of amides is 2. The highest BCUT2D eigenvalue weighted by atomic mass is 16.7. The number of nitrogens with zero attached hydrogens (tertiary/aromatic N) is 1. The Morgan fingerprint density at radius 2 is 1.70 bits per heavy atom. The van der Waals surface area contributed by atoms with Crippen molar-refractivity contribution in [2.75, 3.05) is 0 Å². The lowest BCUT2D eigenvalue weighted by atomic mass is 10.0. The molecule has 1 aromatic rings. The van der Waals surface area contributed by atoms with Crippen molar-refractivity contribution in [2.24, 2.45) is 0 Å². The van der Waals surface area contributed by atoms with Crippen LogP contribution >= 0.6 is 0 Å². The molecular formula is C16H17NO3. The highest BCUT2D eigenvalue weighted by Gasteiger charge is 2.37. The van der Waals surface area contributed by atoms with Gasteiger partial charge in [0.15, 0.2) is 0 Å². The Morgan fingerprint density at radius 3 is 2.40 bits per heavy atom. The Kier molecular flexibility index (Phi) is 3.65. The summed E-state index contributed by atoms with van der Waals surface area (Å²) in [6.07, 6.45) is 9.11. The van der Waals surface area contributed by atoms with Crippen molar-refractivity contribution in [3.05, 3.63) is 47.5 Å². The molecule has 0 spiro atoms. The zero-order valence-corrected chi connectivity index (χ0v) is 11.2. The van der Waals surface area contributed by atoms with Crippen LogP contribution in [0.3, 0.4) is 0 Å². The summed E-state index contributed by atoms with van der Waals surface area (Å²) < 4.78 is 0. The first-order valence-electron chi connectivity index (χ1n) is 7.08. The molecule has 3 rings (SSSR count). The Morgan fingerprint density at radius 1 is 1.00 bits per heavy atom. The lowest BCUT2D eigenvalue weighted by Gasteiger charge is -2.21. The Labute approximate surface area is 118 Å². The van der Waals surface area contributed by atoms with Crippen molar-refractivity contribution in [1.29, 1.82) is 0 Å². The number of hydrogen-bond acceptors (Lipinski definition) is 3. The van der Waals surface area contributed by atoms with Crippen molar-refractivity contribution in [3.8, 4) is 0 Å². The molecule has 1 unspecified atom stereocenters. The molecule has 0 aromatic heterocycles. The molecule has 1 aliphatic heterocycles. The predicted octanol–water partition coefficient (Wildman–Crippen LogP) is 3.10. The number of carbonyl (C=O) groups is 2. The molecule has 4 heteroatoms. The molecule has 1 aliphatic carbocycles. The van der Waals surface area contributed by atoms with Crippen LogP contribution in [-0.4, -0.2) is 23.0 Å². The number of fused-ring (bicyclic) bond motifs is 1. The monoisotopic (exact) mass is 271 g/mol. The second-order valence-corrected chi connectivity index (χ2v) is 5.16. The van der Waals surface area contributed by atoms with Crippen LogP contribution in [0.25, 0.3) is 0 Å². The lowest BCUT2D eigenvalue weighted by Crippen LogP contribution is -2.34. The van der Waals surface area contributed by atoms with E-state index in [1.807, 2.05) is 6.08 Å². The Bertz CT molecular complexity index is 530. The molecule has 0 bridgehead atoms. The molecule has 4 nitrogen and oxygen atoms in total. The topological polar surface area (TPSA) is 46.6 Å². The van der Waals surface area contributed by atoms with Gasteiger partial charge in [-0.1, -0.05) is 37.1 Å². The summed E-state index contributed by atoms with van der Waals surface area (Å²) >= 11 is 0. The molecule has 0 saturated carbocycles. The Balaban J connectivity index is 1.77. The SMILES string of the molecule is O=C1c2ccccc2C(=O)N1OC1C=CCCCCC1. The minimum Gasteiger partial charge on any atom is -0.266 e. The van der Waals surface area contributed by atoms with Gasteiger partial charge in [-0.2, -0.15) is 0 Å². The van der Waals surface area contributed by atoms with Gasteiger partial charge in [0, 0.05) is 0 Å². The summed E-state index contributed by atoms with van der Waals surface area (Å²) in [7, 11) is 0.